The van der Waals surface area contributed by atoms with Gasteiger partial charge in [0.15, 0.2) is 0 Å². The van der Waals surface area contributed by atoms with Gasteiger partial charge in [-0.05, 0) is 24.8 Å². The highest BCUT2D eigenvalue weighted by atomic mass is 16.5. The monoisotopic (exact) mass is 330 g/mol. The van der Waals surface area contributed by atoms with Crippen LogP contribution in [0.2, 0.25) is 0 Å². The minimum atomic E-state index is 0.0634. The third-order valence-electron chi connectivity index (χ3n) is 5.57. The van der Waals surface area contributed by atoms with Crippen molar-refractivity contribution in [2.75, 3.05) is 39.4 Å². The van der Waals surface area contributed by atoms with Crippen molar-refractivity contribution >= 4 is 5.91 Å². The fraction of sp³-hybridized carbons (Fsp3) is 0.722. The summed E-state index contributed by atoms with van der Waals surface area (Å²) in [6.07, 6.45) is 5.14. The lowest BCUT2D eigenvalue weighted by atomic mass is 9.99. The Balaban J connectivity index is 1.47. The summed E-state index contributed by atoms with van der Waals surface area (Å²) in [5.41, 5.74) is 0.560. The molecular formula is C18H26N4O2. The number of rotatable bonds is 4. The first-order valence-corrected chi connectivity index (χ1v) is 9.20. The minimum Gasteiger partial charge on any atom is -0.379 e. The Hall–Kier alpha value is -1.53. The normalized spacial score (nSPS) is 28.3. The maximum absolute atomic E-state index is 12.9. The Labute approximate surface area is 143 Å². The van der Waals surface area contributed by atoms with Crippen LogP contribution in [0.15, 0.2) is 12.3 Å². The van der Waals surface area contributed by atoms with Crippen molar-refractivity contribution in [2.45, 2.75) is 38.1 Å². The first-order chi connectivity index (χ1) is 11.8. The number of carbonyl (C=O) groups is 1. The van der Waals surface area contributed by atoms with E-state index in [0.29, 0.717) is 23.6 Å². The summed E-state index contributed by atoms with van der Waals surface area (Å²) in [4.78, 5) is 26.3. The van der Waals surface area contributed by atoms with Crippen LogP contribution < -0.4 is 0 Å². The molecule has 2 unspecified atom stereocenters. The van der Waals surface area contributed by atoms with E-state index in [4.69, 9.17) is 4.74 Å². The molecule has 3 aliphatic rings. The van der Waals surface area contributed by atoms with Crippen molar-refractivity contribution in [3.05, 3.63) is 23.8 Å². The van der Waals surface area contributed by atoms with Gasteiger partial charge in [0.1, 0.15) is 11.5 Å². The molecule has 2 atom stereocenters. The van der Waals surface area contributed by atoms with Gasteiger partial charge in [0, 0.05) is 44.3 Å². The second kappa shape index (κ2) is 6.76. The van der Waals surface area contributed by atoms with Crippen molar-refractivity contribution in [3.63, 3.8) is 0 Å². The summed E-state index contributed by atoms with van der Waals surface area (Å²) >= 11 is 0. The van der Waals surface area contributed by atoms with Crippen molar-refractivity contribution < 1.29 is 9.53 Å². The van der Waals surface area contributed by atoms with Gasteiger partial charge in [-0.1, -0.05) is 13.3 Å². The summed E-state index contributed by atoms with van der Waals surface area (Å²) < 4.78 is 5.47. The van der Waals surface area contributed by atoms with Gasteiger partial charge >= 0.3 is 0 Å². The lowest BCUT2D eigenvalue weighted by molar-refractivity contribution is 0.0102. The molecule has 0 radical (unpaired) electrons. The molecule has 4 rings (SSSR count). The Morgan fingerprint density at radius 3 is 2.79 bits per heavy atom. The highest BCUT2D eigenvalue weighted by Gasteiger charge is 2.38. The van der Waals surface area contributed by atoms with E-state index >= 15 is 0 Å². The summed E-state index contributed by atoms with van der Waals surface area (Å²) in [6.45, 7) is 7.42. The molecule has 1 saturated carbocycles. The van der Waals surface area contributed by atoms with E-state index < -0.39 is 0 Å². The van der Waals surface area contributed by atoms with E-state index in [1.165, 1.54) is 0 Å². The van der Waals surface area contributed by atoms with Crippen LogP contribution in [0.25, 0.3) is 0 Å². The number of amides is 1. The molecule has 130 valence electrons. The van der Waals surface area contributed by atoms with Crippen LogP contribution in [0, 0.1) is 5.92 Å². The van der Waals surface area contributed by atoms with Crippen LogP contribution in [0.3, 0.4) is 0 Å². The molecule has 0 N–H and O–H groups in total. The molecule has 1 aromatic rings. The van der Waals surface area contributed by atoms with E-state index in [-0.39, 0.29) is 5.91 Å². The molecule has 2 aliphatic heterocycles. The SMILES string of the molecule is CCC1CN(C(=O)c2ccnc(C3CC3)n2)CC1N1CCOCC1. The zero-order valence-corrected chi connectivity index (χ0v) is 14.4. The van der Waals surface area contributed by atoms with Crippen LogP contribution in [0.5, 0.6) is 0 Å². The standard InChI is InChI=1S/C18H26N4O2/c1-2-13-11-22(12-16(13)21-7-9-24-10-8-21)18(23)15-5-6-19-17(20-15)14-3-4-14/h5-6,13-14,16H,2-4,7-12H2,1H3. The van der Waals surface area contributed by atoms with E-state index in [1.54, 1.807) is 12.3 Å². The minimum absolute atomic E-state index is 0.0634. The largest absolute Gasteiger partial charge is 0.379 e. The number of ether oxygens (including phenoxy) is 1. The highest BCUT2D eigenvalue weighted by molar-refractivity contribution is 5.92. The topological polar surface area (TPSA) is 58.6 Å². The number of hydrogen-bond acceptors (Lipinski definition) is 5. The molecule has 2 saturated heterocycles. The average molecular weight is 330 g/mol. The molecule has 6 heteroatoms. The van der Waals surface area contributed by atoms with Crippen LogP contribution in [-0.4, -0.2) is 71.1 Å². The average Bonchev–Trinajstić information content (AvgIpc) is 3.41. The molecule has 1 aromatic heterocycles. The molecule has 0 spiro atoms. The van der Waals surface area contributed by atoms with Gasteiger partial charge in [-0.15, -0.1) is 0 Å². The summed E-state index contributed by atoms with van der Waals surface area (Å²) in [6, 6.07) is 2.21. The second-order valence-corrected chi connectivity index (χ2v) is 7.17. The molecule has 1 aliphatic carbocycles. The molecule has 0 bridgehead atoms. The van der Waals surface area contributed by atoms with Crippen molar-refractivity contribution in [2.24, 2.45) is 5.92 Å². The fourth-order valence-electron chi connectivity index (χ4n) is 3.94. The van der Waals surface area contributed by atoms with Crippen LogP contribution in [-0.2, 0) is 4.74 Å². The van der Waals surface area contributed by atoms with Gasteiger partial charge in [-0.3, -0.25) is 9.69 Å². The van der Waals surface area contributed by atoms with Crippen LogP contribution in [0.1, 0.15) is 48.4 Å². The van der Waals surface area contributed by atoms with Gasteiger partial charge in [0.2, 0.25) is 0 Å². The van der Waals surface area contributed by atoms with Crippen LogP contribution in [0.4, 0.5) is 0 Å². The number of hydrogen-bond donors (Lipinski definition) is 0. The summed E-state index contributed by atoms with van der Waals surface area (Å²) in [7, 11) is 0. The first-order valence-electron chi connectivity index (χ1n) is 9.20. The van der Waals surface area contributed by atoms with Crippen LogP contribution >= 0.6 is 0 Å². The second-order valence-electron chi connectivity index (χ2n) is 7.17. The lowest BCUT2D eigenvalue weighted by Crippen LogP contribution is -2.47. The zero-order chi connectivity index (χ0) is 16.5. The molecule has 6 nitrogen and oxygen atoms in total. The van der Waals surface area contributed by atoms with E-state index in [1.807, 2.05) is 4.90 Å². The Bertz CT molecular complexity index is 598. The highest BCUT2D eigenvalue weighted by Crippen LogP contribution is 2.37. The number of carbonyl (C=O) groups excluding carboxylic acids is 1. The molecule has 3 fully saturated rings. The lowest BCUT2D eigenvalue weighted by Gasteiger charge is -2.34. The fourth-order valence-corrected chi connectivity index (χ4v) is 3.94. The van der Waals surface area contributed by atoms with Gasteiger partial charge in [0.25, 0.3) is 5.91 Å². The third-order valence-corrected chi connectivity index (χ3v) is 5.57. The maximum Gasteiger partial charge on any atom is 0.272 e. The predicted octanol–water partition coefficient (Wildman–Crippen LogP) is 1.54. The number of nitrogens with zero attached hydrogens (tertiary/aromatic N) is 4. The number of aromatic nitrogens is 2. The molecule has 0 aromatic carbocycles. The zero-order valence-electron chi connectivity index (χ0n) is 14.4. The number of likely N-dealkylation sites (tertiary alicyclic amines) is 1. The van der Waals surface area contributed by atoms with E-state index in [2.05, 4.69) is 21.8 Å². The van der Waals surface area contributed by atoms with Crippen molar-refractivity contribution in [1.29, 1.82) is 0 Å². The molecular weight excluding hydrogens is 304 g/mol. The smallest absolute Gasteiger partial charge is 0.272 e. The summed E-state index contributed by atoms with van der Waals surface area (Å²) in [5, 5.41) is 0. The van der Waals surface area contributed by atoms with Crippen molar-refractivity contribution in [1.82, 2.24) is 19.8 Å². The third kappa shape index (κ3) is 3.17. The Kier molecular flexibility index (Phi) is 4.50. The Morgan fingerprint density at radius 1 is 1.29 bits per heavy atom. The van der Waals surface area contributed by atoms with Gasteiger partial charge in [-0.25, -0.2) is 9.97 Å². The van der Waals surface area contributed by atoms with Gasteiger partial charge in [-0.2, -0.15) is 0 Å². The summed E-state index contributed by atoms with van der Waals surface area (Å²) in [5.74, 6) is 1.92. The molecule has 1 amide bonds. The molecule has 24 heavy (non-hydrogen) atoms. The predicted molar refractivity (Wildman–Crippen MR) is 89.9 cm³/mol. The van der Waals surface area contributed by atoms with Gasteiger partial charge < -0.3 is 9.64 Å². The molecule has 3 heterocycles. The Morgan fingerprint density at radius 2 is 2.08 bits per heavy atom. The van der Waals surface area contributed by atoms with Gasteiger partial charge in [0.05, 0.1) is 13.2 Å². The van der Waals surface area contributed by atoms with E-state index in [9.17, 15) is 4.79 Å². The first kappa shape index (κ1) is 16.0. The maximum atomic E-state index is 12.9. The van der Waals surface area contributed by atoms with E-state index in [0.717, 1.165) is 64.5 Å². The van der Waals surface area contributed by atoms with Crippen molar-refractivity contribution in [3.8, 4) is 0 Å². The quantitative estimate of drug-likeness (QED) is 0.838. The number of morpholine rings is 1.